The monoisotopic (exact) mass is 558 g/mol. The maximum absolute atomic E-state index is 16.1. The lowest BCUT2D eigenvalue weighted by molar-refractivity contribution is -0.0750. The second-order valence-corrected chi connectivity index (χ2v) is 9.40. The molecule has 2 aliphatic rings. The molecule has 3 amide bonds. The molecule has 0 saturated carbocycles. The van der Waals surface area contributed by atoms with Crippen LogP contribution in [0, 0.1) is 0 Å². The number of urea groups is 1. The summed E-state index contributed by atoms with van der Waals surface area (Å²) in [6.45, 7) is -0.516. The maximum Gasteiger partial charge on any atom is 0.338 e. The van der Waals surface area contributed by atoms with Gasteiger partial charge in [-0.25, -0.2) is 18.8 Å². The molecule has 3 aromatic carbocycles. The van der Waals surface area contributed by atoms with Crippen LogP contribution >= 0.6 is 0 Å². The summed E-state index contributed by atoms with van der Waals surface area (Å²) in [4.78, 5) is 54.2. The zero-order valence-electron chi connectivity index (χ0n) is 21.9. The SMILES string of the molecule is O=C(OC[C@H]1O[C@@H](N2CC=CCN(C(=O)c3ccccc3)C2=O)[C@@H](F)[C@@H]1OC(=O)c1ccccc1)c1ccccc1. The van der Waals surface area contributed by atoms with Gasteiger partial charge in [0.05, 0.1) is 11.1 Å². The zero-order valence-corrected chi connectivity index (χ0v) is 21.9. The van der Waals surface area contributed by atoms with Crippen molar-refractivity contribution in [1.82, 2.24) is 9.80 Å². The molecule has 3 aromatic rings. The number of hydrogen-bond acceptors (Lipinski definition) is 7. The van der Waals surface area contributed by atoms with Gasteiger partial charge in [-0.05, 0) is 36.4 Å². The minimum absolute atomic E-state index is 0.0166. The molecule has 5 rings (SSSR count). The molecular weight excluding hydrogens is 531 g/mol. The number of halogens is 1. The summed E-state index contributed by atoms with van der Waals surface area (Å²) in [5.41, 5.74) is 0.761. The molecule has 41 heavy (non-hydrogen) atoms. The third-order valence-corrected chi connectivity index (χ3v) is 6.71. The van der Waals surface area contributed by atoms with Gasteiger partial charge in [-0.2, -0.15) is 0 Å². The van der Waals surface area contributed by atoms with Gasteiger partial charge >= 0.3 is 18.0 Å². The summed E-state index contributed by atoms with van der Waals surface area (Å²) < 4.78 is 32.9. The number of esters is 2. The van der Waals surface area contributed by atoms with Crippen LogP contribution in [-0.4, -0.2) is 78.0 Å². The Labute approximate surface area is 235 Å². The number of nitrogens with zero attached hydrogens (tertiary/aromatic N) is 2. The van der Waals surface area contributed by atoms with Gasteiger partial charge in [0.1, 0.15) is 12.7 Å². The number of ether oxygens (including phenoxy) is 3. The fraction of sp³-hybridized carbons (Fsp3) is 0.226. The molecule has 0 bridgehead atoms. The molecule has 10 heteroatoms. The number of carbonyl (C=O) groups excluding carboxylic acids is 4. The van der Waals surface area contributed by atoms with Crippen molar-refractivity contribution in [2.24, 2.45) is 0 Å². The van der Waals surface area contributed by atoms with E-state index in [1.165, 1.54) is 12.1 Å². The fourth-order valence-electron chi connectivity index (χ4n) is 4.60. The summed E-state index contributed by atoms with van der Waals surface area (Å²) in [6, 6.07) is 23.7. The van der Waals surface area contributed by atoms with E-state index in [0.717, 1.165) is 9.80 Å². The minimum Gasteiger partial charge on any atom is -0.459 e. The van der Waals surface area contributed by atoms with Gasteiger partial charge in [0.25, 0.3) is 5.91 Å². The highest BCUT2D eigenvalue weighted by atomic mass is 19.1. The van der Waals surface area contributed by atoms with E-state index >= 15 is 4.39 Å². The smallest absolute Gasteiger partial charge is 0.338 e. The van der Waals surface area contributed by atoms with Crippen LogP contribution in [0.4, 0.5) is 9.18 Å². The molecule has 1 fully saturated rings. The molecule has 210 valence electrons. The standard InChI is InChI=1S/C31H27FN2O7/c32-25-26(41-30(37)23-16-8-3-9-17-23)24(20-39-29(36)22-14-6-2-7-15-22)40-28(25)34-19-11-10-18-33(31(34)38)27(35)21-12-4-1-5-13-21/h1-17,24-26,28H,18-20H2/t24-,25+,26-,28-/m1/s1. The average Bonchev–Trinajstić information content (AvgIpc) is 3.18. The van der Waals surface area contributed by atoms with Crippen molar-refractivity contribution < 1.29 is 37.8 Å². The van der Waals surface area contributed by atoms with Crippen molar-refractivity contribution in [1.29, 1.82) is 0 Å². The summed E-state index contributed by atoms with van der Waals surface area (Å²) in [6.07, 6.45) is -3.01. The minimum atomic E-state index is -2.01. The predicted octanol–water partition coefficient (Wildman–Crippen LogP) is 4.27. The number of alkyl halides is 1. The molecule has 0 aliphatic carbocycles. The van der Waals surface area contributed by atoms with Crippen LogP contribution in [0.3, 0.4) is 0 Å². The van der Waals surface area contributed by atoms with E-state index in [1.54, 1.807) is 91.0 Å². The quantitative estimate of drug-likeness (QED) is 0.315. The molecule has 0 spiro atoms. The molecule has 2 heterocycles. The summed E-state index contributed by atoms with van der Waals surface area (Å²) in [7, 11) is 0. The van der Waals surface area contributed by atoms with E-state index in [1.807, 2.05) is 0 Å². The Morgan fingerprint density at radius 1 is 0.780 bits per heavy atom. The Morgan fingerprint density at radius 3 is 1.93 bits per heavy atom. The third-order valence-electron chi connectivity index (χ3n) is 6.71. The van der Waals surface area contributed by atoms with Gasteiger partial charge in [-0.3, -0.25) is 14.6 Å². The Kier molecular flexibility index (Phi) is 8.50. The Morgan fingerprint density at radius 2 is 1.32 bits per heavy atom. The fourth-order valence-corrected chi connectivity index (χ4v) is 4.60. The summed E-state index contributed by atoms with van der Waals surface area (Å²) in [5.74, 6) is -2.03. The lowest BCUT2D eigenvalue weighted by Gasteiger charge is -2.31. The van der Waals surface area contributed by atoms with Gasteiger partial charge in [0.15, 0.2) is 18.5 Å². The van der Waals surface area contributed by atoms with Crippen LogP contribution in [0.2, 0.25) is 0 Å². The maximum atomic E-state index is 16.1. The van der Waals surface area contributed by atoms with E-state index in [-0.39, 0.29) is 24.2 Å². The number of rotatable bonds is 7. The first-order chi connectivity index (χ1) is 19.9. The van der Waals surface area contributed by atoms with Crippen LogP contribution < -0.4 is 0 Å². The van der Waals surface area contributed by atoms with Crippen molar-refractivity contribution in [2.45, 2.75) is 24.6 Å². The molecule has 1 saturated heterocycles. The number of carbonyl (C=O) groups is 4. The molecule has 0 N–H and O–H groups in total. The van der Waals surface area contributed by atoms with Crippen molar-refractivity contribution in [3.05, 3.63) is 120 Å². The number of amides is 3. The highest BCUT2D eigenvalue weighted by Gasteiger charge is 2.52. The second-order valence-electron chi connectivity index (χ2n) is 9.40. The molecule has 0 unspecified atom stereocenters. The van der Waals surface area contributed by atoms with E-state index in [9.17, 15) is 19.2 Å². The molecule has 4 atom stereocenters. The zero-order chi connectivity index (χ0) is 28.8. The average molecular weight is 559 g/mol. The summed E-state index contributed by atoms with van der Waals surface area (Å²) >= 11 is 0. The van der Waals surface area contributed by atoms with Gasteiger partial charge in [0.2, 0.25) is 0 Å². The molecule has 9 nitrogen and oxygen atoms in total. The molecular formula is C31H27FN2O7. The third kappa shape index (κ3) is 6.17. The van der Waals surface area contributed by atoms with Gasteiger partial charge < -0.3 is 14.2 Å². The van der Waals surface area contributed by atoms with Crippen LogP contribution in [0.1, 0.15) is 31.1 Å². The molecule has 0 aromatic heterocycles. The Hall–Kier alpha value is -4.83. The second kappa shape index (κ2) is 12.6. The normalized spacial score (nSPS) is 22.2. The van der Waals surface area contributed by atoms with Crippen LogP contribution in [0.25, 0.3) is 0 Å². The number of hydrogen-bond donors (Lipinski definition) is 0. The van der Waals surface area contributed by atoms with Gasteiger partial charge in [-0.15, -0.1) is 0 Å². The molecule has 0 radical (unpaired) electrons. The van der Waals surface area contributed by atoms with Crippen molar-refractivity contribution in [2.75, 3.05) is 19.7 Å². The Balaban J connectivity index is 1.37. The first-order valence-corrected chi connectivity index (χ1v) is 13.0. The van der Waals surface area contributed by atoms with Crippen LogP contribution in [0.5, 0.6) is 0 Å². The predicted molar refractivity (Wildman–Crippen MR) is 145 cm³/mol. The Bertz CT molecular complexity index is 1420. The highest BCUT2D eigenvalue weighted by Crippen LogP contribution is 2.31. The lowest BCUT2D eigenvalue weighted by atomic mass is 10.1. The van der Waals surface area contributed by atoms with Crippen molar-refractivity contribution in [3.63, 3.8) is 0 Å². The van der Waals surface area contributed by atoms with E-state index in [0.29, 0.717) is 5.56 Å². The van der Waals surface area contributed by atoms with Gasteiger partial charge in [0, 0.05) is 18.7 Å². The van der Waals surface area contributed by atoms with Crippen LogP contribution in [0.15, 0.2) is 103 Å². The van der Waals surface area contributed by atoms with Crippen molar-refractivity contribution in [3.8, 4) is 0 Å². The lowest BCUT2D eigenvalue weighted by Crippen LogP contribution is -2.52. The summed E-state index contributed by atoms with van der Waals surface area (Å²) in [5, 5.41) is 0. The molecule has 2 aliphatic heterocycles. The van der Waals surface area contributed by atoms with E-state index in [2.05, 4.69) is 0 Å². The largest absolute Gasteiger partial charge is 0.459 e. The van der Waals surface area contributed by atoms with E-state index < -0.39 is 55.1 Å². The van der Waals surface area contributed by atoms with Gasteiger partial charge in [-0.1, -0.05) is 66.7 Å². The first-order valence-electron chi connectivity index (χ1n) is 13.0. The topological polar surface area (TPSA) is 102 Å². The number of benzene rings is 3. The van der Waals surface area contributed by atoms with E-state index in [4.69, 9.17) is 14.2 Å². The highest BCUT2D eigenvalue weighted by molar-refractivity contribution is 6.04. The number of imide groups is 1. The van der Waals surface area contributed by atoms with Crippen molar-refractivity contribution >= 4 is 23.9 Å². The first kappa shape index (κ1) is 27.7. The van der Waals surface area contributed by atoms with Crippen LogP contribution in [-0.2, 0) is 14.2 Å².